The summed E-state index contributed by atoms with van der Waals surface area (Å²) in [6.45, 7) is 5.23. The maximum Gasteiger partial charge on any atom is 0.223 e. The van der Waals surface area contributed by atoms with Crippen LogP contribution in [0.1, 0.15) is 44.1 Å². The second kappa shape index (κ2) is 9.93. The standard InChI is InChI=1S/C21H32N2O3/c1-25-19-8-5-7-18(15-19)16-22(17-20-9-6-14-26-20)13-10-21(24)23-11-3-2-4-12-23/h5,7-8,15,20H,2-4,6,9-14,16-17H2,1H3. The maximum atomic E-state index is 12.5. The fourth-order valence-electron chi connectivity index (χ4n) is 3.90. The zero-order valence-electron chi connectivity index (χ0n) is 16.0. The van der Waals surface area contributed by atoms with Gasteiger partial charge in [0.25, 0.3) is 0 Å². The highest BCUT2D eigenvalue weighted by Gasteiger charge is 2.22. The number of likely N-dealkylation sites (tertiary alicyclic amines) is 1. The lowest BCUT2D eigenvalue weighted by molar-refractivity contribution is -0.132. The van der Waals surface area contributed by atoms with Gasteiger partial charge in [-0.15, -0.1) is 0 Å². The number of benzene rings is 1. The number of amides is 1. The first kappa shape index (κ1) is 19.2. The van der Waals surface area contributed by atoms with Crippen LogP contribution in [0.4, 0.5) is 0 Å². The summed E-state index contributed by atoms with van der Waals surface area (Å²) in [7, 11) is 1.69. The van der Waals surface area contributed by atoms with E-state index in [9.17, 15) is 4.79 Å². The van der Waals surface area contributed by atoms with Gasteiger partial charge in [0, 0.05) is 45.8 Å². The van der Waals surface area contributed by atoms with E-state index in [0.717, 1.165) is 70.8 Å². The molecule has 1 aromatic rings. The zero-order chi connectivity index (χ0) is 18.2. The Kier molecular flexibility index (Phi) is 7.32. The van der Waals surface area contributed by atoms with Crippen LogP contribution in [0, 0.1) is 0 Å². The van der Waals surface area contributed by atoms with Crippen LogP contribution in [0.25, 0.3) is 0 Å². The predicted octanol–water partition coefficient (Wildman–Crippen LogP) is 3.08. The Morgan fingerprint density at radius 2 is 2.12 bits per heavy atom. The van der Waals surface area contributed by atoms with Crippen molar-refractivity contribution in [2.75, 3.05) is 39.9 Å². The largest absolute Gasteiger partial charge is 0.497 e. The van der Waals surface area contributed by atoms with E-state index in [4.69, 9.17) is 9.47 Å². The third kappa shape index (κ3) is 5.71. The van der Waals surface area contributed by atoms with E-state index in [1.54, 1.807) is 7.11 Å². The van der Waals surface area contributed by atoms with Crippen molar-refractivity contribution in [2.45, 2.75) is 51.2 Å². The third-order valence-corrected chi connectivity index (χ3v) is 5.38. The maximum absolute atomic E-state index is 12.5. The van der Waals surface area contributed by atoms with E-state index in [1.807, 2.05) is 17.0 Å². The van der Waals surface area contributed by atoms with Gasteiger partial charge in [-0.3, -0.25) is 9.69 Å². The van der Waals surface area contributed by atoms with Gasteiger partial charge in [-0.05, 0) is 49.8 Å². The first-order valence-corrected chi connectivity index (χ1v) is 9.99. The van der Waals surface area contributed by atoms with Gasteiger partial charge < -0.3 is 14.4 Å². The summed E-state index contributed by atoms with van der Waals surface area (Å²) >= 11 is 0. The van der Waals surface area contributed by atoms with Gasteiger partial charge in [0.15, 0.2) is 0 Å². The van der Waals surface area contributed by atoms with Gasteiger partial charge in [0.05, 0.1) is 13.2 Å². The molecular formula is C21H32N2O3. The number of methoxy groups -OCH3 is 1. The number of nitrogens with zero attached hydrogens (tertiary/aromatic N) is 2. The SMILES string of the molecule is COc1cccc(CN(CCC(=O)N2CCCCC2)CC2CCCO2)c1. The van der Waals surface area contributed by atoms with Crippen LogP contribution < -0.4 is 4.74 Å². The van der Waals surface area contributed by atoms with Gasteiger partial charge in [0.2, 0.25) is 5.91 Å². The van der Waals surface area contributed by atoms with Crippen LogP contribution in [-0.4, -0.2) is 61.7 Å². The molecule has 0 radical (unpaired) electrons. The second-order valence-electron chi connectivity index (χ2n) is 7.41. The molecular weight excluding hydrogens is 328 g/mol. The molecule has 1 unspecified atom stereocenters. The lowest BCUT2D eigenvalue weighted by Gasteiger charge is -2.29. The lowest BCUT2D eigenvalue weighted by atomic mass is 10.1. The number of carbonyl (C=O) groups excluding carboxylic acids is 1. The summed E-state index contributed by atoms with van der Waals surface area (Å²) in [6, 6.07) is 8.19. The molecule has 2 aliphatic rings. The van der Waals surface area contributed by atoms with E-state index >= 15 is 0 Å². The van der Waals surface area contributed by atoms with Gasteiger partial charge in [-0.2, -0.15) is 0 Å². The molecule has 144 valence electrons. The molecule has 0 bridgehead atoms. The van der Waals surface area contributed by atoms with E-state index in [2.05, 4.69) is 17.0 Å². The highest BCUT2D eigenvalue weighted by molar-refractivity contribution is 5.76. The van der Waals surface area contributed by atoms with E-state index < -0.39 is 0 Å². The molecule has 0 aromatic heterocycles. The Labute approximate surface area is 157 Å². The van der Waals surface area contributed by atoms with Crippen LogP contribution >= 0.6 is 0 Å². The molecule has 26 heavy (non-hydrogen) atoms. The minimum atomic E-state index is 0.297. The van der Waals surface area contributed by atoms with Crippen LogP contribution in [0.15, 0.2) is 24.3 Å². The average Bonchev–Trinajstić information content (AvgIpc) is 3.20. The predicted molar refractivity (Wildman–Crippen MR) is 102 cm³/mol. The summed E-state index contributed by atoms with van der Waals surface area (Å²) in [5, 5.41) is 0. The second-order valence-corrected chi connectivity index (χ2v) is 7.41. The van der Waals surface area contributed by atoms with Crippen molar-refractivity contribution in [1.29, 1.82) is 0 Å². The van der Waals surface area contributed by atoms with Crippen molar-refractivity contribution in [3.8, 4) is 5.75 Å². The lowest BCUT2D eigenvalue weighted by Crippen LogP contribution is -2.39. The molecule has 5 nitrogen and oxygen atoms in total. The minimum Gasteiger partial charge on any atom is -0.497 e. The first-order chi connectivity index (χ1) is 12.7. The molecule has 3 rings (SSSR count). The molecule has 2 aliphatic heterocycles. The minimum absolute atomic E-state index is 0.297. The summed E-state index contributed by atoms with van der Waals surface area (Å²) in [5.74, 6) is 1.18. The van der Waals surface area contributed by atoms with E-state index in [0.29, 0.717) is 18.4 Å². The smallest absolute Gasteiger partial charge is 0.223 e. The molecule has 5 heteroatoms. The topological polar surface area (TPSA) is 42.0 Å². The van der Waals surface area contributed by atoms with Crippen LogP contribution in [0.2, 0.25) is 0 Å². The van der Waals surface area contributed by atoms with Gasteiger partial charge in [-0.25, -0.2) is 0 Å². The zero-order valence-corrected chi connectivity index (χ0v) is 16.0. The monoisotopic (exact) mass is 360 g/mol. The molecule has 0 spiro atoms. The number of ether oxygens (including phenoxy) is 2. The summed E-state index contributed by atoms with van der Waals surface area (Å²) in [4.78, 5) is 16.9. The summed E-state index contributed by atoms with van der Waals surface area (Å²) in [5.41, 5.74) is 1.22. The molecule has 0 N–H and O–H groups in total. The van der Waals surface area contributed by atoms with Crippen molar-refractivity contribution < 1.29 is 14.3 Å². The summed E-state index contributed by atoms with van der Waals surface area (Å²) in [6.07, 6.45) is 6.70. The molecule has 2 saturated heterocycles. The van der Waals surface area contributed by atoms with Gasteiger partial charge >= 0.3 is 0 Å². The highest BCUT2D eigenvalue weighted by Crippen LogP contribution is 2.18. The quantitative estimate of drug-likeness (QED) is 0.714. The molecule has 1 aromatic carbocycles. The molecule has 1 amide bonds. The Hall–Kier alpha value is -1.59. The number of carbonyl (C=O) groups is 1. The molecule has 0 saturated carbocycles. The van der Waals surface area contributed by atoms with Crippen molar-refractivity contribution in [1.82, 2.24) is 9.80 Å². The number of hydrogen-bond donors (Lipinski definition) is 0. The van der Waals surface area contributed by atoms with Gasteiger partial charge in [-0.1, -0.05) is 12.1 Å². The summed E-state index contributed by atoms with van der Waals surface area (Å²) < 4.78 is 11.2. The molecule has 1 atom stereocenters. The Morgan fingerprint density at radius 3 is 2.85 bits per heavy atom. The third-order valence-electron chi connectivity index (χ3n) is 5.38. The Bertz CT molecular complexity index is 566. The molecule has 2 fully saturated rings. The Morgan fingerprint density at radius 1 is 1.27 bits per heavy atom. The van der Waals surface area contributed by atoms with Crippen LogP contribution in [-0.2, 0) is 16.1 Å². The van der Waals surface area contributed by atoms with Crippen molar-refractivity contribution in [2.24, 2.45) is 0 Å². The van der Waals surface area contributed by atoms with Crippen molar-refractivity contribution in [3.63, 3.8) is 0 Å². The van der Waals surface area contributed by atoms with Crippen molar-refractivity contribution >= 4 is 5.91 Å². The Balaban J connectivity index is 1.57. The number of rotatable bonds is 8. The van der Waals surface area contributed by atoms with E-state index in [-0.39, 0.29) is 0 Å². The van der Waals surface area contributed by atoms with Crippen LogP contribution in [0.5, 0.6) is 5.75 Å². The number of hydrogen-bond acceptors (Lipinski definition) is 4. The normalized spacial score (nSPS) is 20.5. The molecule has 0 aliphatic carbocycles. The fourth-order valence-corrected chi connectivity index (χ4v) is 3.90. The number of piperidine rings is 1. The highest BCUT2D eigenvalue weighted by atomic mass is 16.5. The van der Waals surface area contributed by atoms with E-state index in [1.165, 1.54) is 12.0 Å². The van der Waals surface area contributed by atoms with Crippen LogP contribution in [0.3, 0.4) is 0 Å². The van der Waals surface area contributed by atoms with Gasteiger partial charge in [0.1, 0.15) is 5.75 Å². The first-order valence-electron chi connectivity index (χ1n) is 9.99. The average molecular weight is 360 g/mol. The van der Waals surface area contributed by atoms with Crippen molar-refractivity contribution in [3.05, 3.63) is 29.8 Å². The molecule has 2 heterocycles. The fraction of sp³-hybridized carbons (Fsp3) is 0.667.